The van der Waals surface area contributed by atoms with E-state index in [9.17, 15) is 14.7 Å². The molecule has 134 valence electrons. The van der Waals surface area contributed by atoms with Crippen LogP contribution in [-0.4, -0.2) is 47.0 Å². The number of hydrogen-bond acceptors (Lipinski definition) is 5. The molecular formula is C19H24N2O4. The minimum atomic E-state index is -0.411. The van der Waals surface area contributed by atoms with Crippen LogP contribution in [0.3, 0.4) is 0 Å². The SMILES string of the molecule is CCc1cc2c(CN3CCCN(C(C)=O)CC3)cc(=O)oc2cc1O. The number of aryl methyl sites for hydroxylation is 1. The Morgan fingerprint density at radius 3 is 2.68 bits per heavy atom. The van der Waals surface area contributed by atoms with Crippen molar-refractivity contribution in [1.29, 1.82) is 0 Å². The van der Waals surface area contributed by atoms with Gasteiger partial charge in [0.25, 0.3) is 0 Å². The first-order chi connectivity index (χ1) is 12.0. The zero-order chi connectivity index (χ0) is 18.0. The molecule has 1 fully saturated rings. The zero-order valence-corrected chi connectivity index (χ0v) is 14.7. The fourth-order valence-electron chi connectivity index (χ4n) is 3.41. The van der Waals surface area contributed by atoms with Crippen LogP contribution in [0.4, 0.5) is 0 Å². The molecule has 1 amide bonds. The number of phenolic OH excluding ortho intramolecular Hbond substituents is 1. The van der Waals surface area contributed by atoms with E-state index in [4.69, 9.17) is 4.42 Å². The summed E-state index contributed by atoms with van der Waals surface area (Å²) in [6, 6.07) is 4.97. The van der Waals surface area contributed by atoms with Crippen molar-refractivity contribution in [2.45, 2.75) is 33.2 Å². The molecule has 3 rings (SSSR count). The third-order valence-electron chi connectivity index (χ3n) is 4.84. The van der Waals surface area contributed by atoms with Crippen molar-refractivity contribution in [3.63, 3.8) is 0 Å². The van der Waals surface area contributed by atoms with Gasteiger partial charge in [0.05, 0.1) is 0 Å². The summed E-state index contributed by atoms with van der Waals surface area (Å²) < 4.78 is 5.26. The average Bonchev–Trinajstić information content (AvgIpc) is 2.80. The molecule has 2 heterocycles. The molecule has 0 atom stereocenters. The number of hydrogen-bond donors (Lipinski definition) is 1. The third kappa shape index (κ3) is 3.85. The number of nitrogens with zero attached hydrogens (tertiary/aromatic N) is 2. The van der Waals surface area contributed by atoms with E-state index in [0.717, 1.165) is 42.6 Å². The van der Waals surface area contributed by atoms with Gasteiger partial charge in [-0.3, -0.25) is 9.69 Å². The van der Waals surface area contributed by atoms with Crippen LogP contribution in [-0.2, 0) is 17.8 Å². The number of benzene rings is 1. The number of carbonyl (C=O) groups is 1. The molecule has 6 nitrogen and oxygen atoms in total. The van der Waals surface area contributed by atoms with Crippen LogP contribution < -0.4 is 5.63 Å². The van der Waals surface area contributed by atoms with Crippen molar-refractivity contribution in [2.75, 3.05) is 26.2 Å². The Hall–Kier alpha value is -2.34. The summed E-state index contributed by atoms with van der Waals surface area (Å²) in [5, 5.41) is 10.9. The quantitative estimate of drug-likeness (QED) is 0.864. The molecule has 6 heteroatoms. The summed E-state index contributed by atoms with van der Waals surface area (Å²) in [7, 11) is 0. The predicted molar refractivity (Wildman–Crippen MR) is 95.7 cm³/mol. The number of phenols is 1. The van der Waals surface area contributed by atoms with Crippen molar-refractivity contribution in [3.05, 3.63) is 39.7 Å². The van der Waals surface area contributed by atoms with Gasteiger partial charge >= 0.3 is 5.63 Å². The van der Waals surface area contributed by atoms with Crippen LogP contribution in [0.15, 0.2) is 27.4 Å². The molecule has 0 aliphatic carbocycles. The smallest absolute Gasteiger partial charge is 0.336 e. The van der Waals surface area contributed by atoms with E-state index < -0.39 is 5.63 Å². The molecule has 0 saturated carbocycles. The van der Waals surface area contributed by atoms with Gasteiger partial charge in [0.15, 0.2) is 0 Å². The van der Waals surface area contributed by atoms with Crippen molar-refractivity contribution in [1.82, 2.24) is 9.80 Å². The van der Waals surface area contributed by atoms with Gasteiger partial charge in [-0.25, -0.2) is 4.79 Å². The largest absolute Gasteiger partial charge is 0.508 e. The van der Waals surface area contributed by atoms with Gasteiger partial charge in [-0.2, -0.15) is 0 Å². The highest BCUT2D eigenvalue weighted by atomic mass is 16.4. The number of aromatic hydroxyl groups is 1. The van der Waals surface area contributed by atoms with Gasteiger partial charge in [-0.1, -0.05) is 6.92 Å². The average molecular weight is 344 g/mol. The Morgan fingerprint density at radius 1 is 1.16 bits per heavy atom. The molecule has 25 heavy (non-hydrogen) atoms. The first-order valence-corrected chi connectivity index (χ1v) is 8.74. The molecule has 1 saturated heterocycles. The Morgan fingerprint density at radius 2 is 1.96 bits per heavy atom. The van der Waals surface area contributed by atoms with Gasteiger partial charge in [0, 0.05) is 57.2 Å². The second-order valence-corrected chi connectivity index (χ2v) is 6.56. The second kappa shape index (κ2) is 7.27. The number of rotatable bonds is 3. The van der Waals surface area contributed by atoms with E-state index in [1.54, 1.807) is 6.92 Å². The van der Waals surface area contributed by atoms with Crippen LogP contribution in [0, 0.1) is 0 Å². The summed E-state index contributed by atoms with van der Waals surface area (Å²) in [5.41, 5.74) is 1.74. The van der Waals surface area contributed by atoms with Gasteiger partial charge in [-0.05, 0) is 30.0 Å². The Kier molecular flexibility index (Phi) is 5.08. The second-order valence-electron chi connectivity index (χ2n) is 6.56. The van der Waals surface area contributed by atoms with E-state index >= 15 is 0 Å². The van der Waals surface area contributed by atoms with E-state index in [2.05, 4.69) is 4.90 Å². The fourth-order valence-corrected chi connectivity index (χ4v) is 3.41. The molecule has 0 radical (unpaired) electrons. The molecule has 1 N–H and O–H groups in total. The lowest BCUT2D eigenvalue weighted by molar-refractivity contribution is -0.128. The third-order valence-corrected chi connectivity index (χ3v) is 4.84. The summed E-state index contributed by atoms with van der Waals surface area (Å²) in [6.45, 7) is 7.34. The molecule has 1 aromatic carbocycles. The van der Waals surface area contributed by atoms with E-state index in [1.807, 2.05) is 17.9 Å². The van der Waals surface area contributed by atoms with E-state index in [0.29, 0.717) is 25.1 Å². The first kappa shape index (κ1) is 17.5. The van der Waals surface area contributed by atoms with Gasteiger partial charge < -0.3 is 14.4 Å². The summed E-state index contributed by atoms with van der Waals surface area (Å²) >= 11 is 0. The zero-order valence-electron chi connectivity index (χ0n) is 14.7. The van der Waals surface area contributed by atoms with Crippen molar-refractivity contribution >= 4 is 16.9 Å². The highest BCUT2D eigenvalue weighted by Crippen LogP contribution is 2.27. The van der Waals surface area contributed by atoms with Crippen LogP contribution >= 0.6 is 0 Å². The topological polar surface area (TPSA) is 74.0 Å². The van der Waals surface area contributed by atoms with Crippen molar-refractivity contribution in [2.24, 2.45) is 0 Å². The van der Waals surface area contributed by atoms with Crippen molar-refractivity contribution in [3.8, 4) is 5.75 Å². The standard InChI is InChI=1S/C19H24N2O4/c1-3-14-9-16-15(10-19(24)25-18(16)11-17(14)23)12-20-5-4-6-21(8-7-20)13(2)22/h9-11,23H,3-8,12H2,1-2H3. The normalized spacial score (nSPS) is 16.2. The predicted octanol–water partition coefficient (Wildman–Crippen LogP) is 2.12. The molecule has 1 aromatic heterocycles. The number of fused-ring (bicyclic) bond motifs is 1. The van der Waals surface area contributed by atoms with Crippen LogP contribution in [0.5, 0.6) is 5.75 Å². The highest BCUT2D eigenvalue weighted by molar-refractivity contribution is 5.82. The molecule has 1 aliphatic rings. The van der Waals surface area contributed by atoms with Gasteiger partial charge in [0.1, 0.15) is 11.3 Å². The molecule has 2 aromatic rings. The lowest BCUT2D eigenvalue weighted by atomic mass is 10.0. The Balaban J connectivity index is 1.90. The Labute approximate surface area is 146 Å². The first-order valence-electron chi connectivity index (χ1n) is 8.74. The molecule has 0 unspecified atom stereocenters. The summed E-state index contributed by atoms with van der Waals surface area (Å²) in [5.74, 6) is 0.262. The van der Waals surface area contributed by atoms with Crippen LogP contribution in [0.25, 0.3) is 11.0 Å². The Bertz CT molecular complexity index is 843. The van der Waals surface area contributed by atoms with Crippen LogP contribution in [0.2, 0.25) is 0 Å². The van der Waals surface area contributed by atoms with Gasteiger partial charge in [-0.15, -0.1) is 0 Å². The van der Waals surface area contributed by atoms with Gasteiger partial charge in [0.2, 0.25) is 5.91 Å². The lowest BCUT2D eigenvalue weighted by Crippen LogP contribution is -2.33. The van der Waals surface area contributed by atoms with Crippen molar-refractivity contribution < 1.29 is 14.3 Å². The van der Waals surface area contributed by atoms with E-state index in [-0.39, 0.29) is 11.7 Å². The maximum Gasteiger partial charge on any atom is 0.336 e. The molecular weight excluding hydrogens is 320 g/mol. The fraction of sp³-hybridized carbons (Fsp3) is 0.474. The maximum atomic E-state index is 11.9. The van der Waals surface area contributed by atoms with E-state index in [1.165, 1.54) is 12.1 Å². The molecule has 0 spiro atoms. The summed E-state index contributed by atoms with van der Waals surface area (Å²) in [4.78, 5) is 27.6. The maximum absolute atomic E-state index is 11.9. The summed E-state index contributed by atoms with van der Waals surface area (Å²) in [6.07, 6.45) is 1.62. The lowest BCUT2D eigenvalue weighted by Gasteiger charge is -2.21. The number of amides is 1. The molecule has 0 bridgehead atoms. The monoisotopic (exact) mass is 344 g/mol. The minimum Gasteiger partial charge on any atom is -0.508 e. The highest BCUT2D eigenvalue weighted by Gasteiger charge is 2.18. The number of carbonyl (C=O) groups excluding carboxylic acids is 1. The minimum absolute atomic E-state index is 0.107. The van der Waals surface area contributed by atoms with Crippen LogP contribution in [0.1, 0.15) is 31.4 Å². The molecule has 1 aliphatic heterocycles.